The van der Waals surface area contributed by atoms with Gasteiger partial charge in [-0.05, 0) is 38.8 Å². The molecule has 1 unspecified atom stereocenters. The fourth-order valence-electron chi connectivity index (χ4n) is 1.01. The summed E-state index contributed by atoms with van der Waals surface area (Å²) < 4.78 is 0. The second kappa shape index (κ2) is 7.56. The Morgan fingerprint density at radius 1 is 1.08 bits per heavy atom. The van der Waals surface area contributed by atoms with Crippen molar-refractivity contribution >= 4 is 0 Å². The first-order valence-corrected chi connectivity index (χ1v) is 5.12. The van der Waals surface area contributed by atoms with Crippen molar-refractivity contribution in [3.05, 3.63) is 0 Å². The highest BCUT2D eigenvalue weighted by atomic mass is 14.9. The summed E-state index contributed by atoms with van der Waals surface area (Å²) in [7, 11) is 0. The van der Waals surface area contributed by atoms with Crippen LogP contribution in [0.25, 0.3) is 0 Å². The molecule has 0 spiro atoms. The lowest BCUT2D eigenvalue weighted by Crippen LogP contribution is -2.31. The molecule has 0 bridgehead atoms. The fourth-order valence-corrected chi connectivity index (χ4v) is 1.01. The molecule has 1 atom stereocenters. The molecule has 0 aromatic rings. The Kier molecular flexibility index (Phi) is 7.51. The van der Waals surface area contributed by atoms with Gasteiger partial charge in [-0.1, -0.05) is 20.3 Å². The van der Waals surface area contributed by atoms with Crippen LogP contribution in [-0.2, 0) is 0 Å². The van der Waals surface area contributed by atoms with Gasteiger partial charge in [0.1, 0.15) is 0 Å². The molecule has 2 nitrogen and oxygen atoms in total. The lowest BCUT2D eigenvalue weighted by molar-refractivity contribution is 0.420. The number of unbranched alkanes of at least 4 members (excludes halogenated alkanes) is 2. The topological polar surface area (TPSA) is 38.0 Å². The molecule has 74 valence electrons. The lowest BCUT2D eigenvalue weighted by atomic mass is 10.1. The highest BCUT2D eigenvalue weighted by Gasteiger charge is 2.03. The maximum Gasteiger partial charge on any atom is 0.00617 e. The van der Waals surface area contributed by atoms with Gasteiger partial charge < -0.3 is 11.1 Å². The predicted molar refractivity (Wildman–Crippen MR) is 55.2 cm³/mol. The SMILES string of the molecule is CC(C)C(C)NCCCCCN. The smallest absolute Gasteiger partial charge is 0.00617 e. The van der Waals surface area contributed by atoms with Crippen molar-refractivity contribution in [2.75, 3.05) is 13.1 Å². The van der Waals surface area contributed by atoms with E-state index in [4.69, 9.17) is 5.73 Å². The van der Waals surface area contributed by atoms with E-state index in [1.807, 2.05) is 0 Å². The van der Waals surface area contributed by atoms with Gasteiger partial charge in [-0.15, -0.1) is 0 Å². The maximum absolute atomic E-state index is 5.40. The van der Waals surface area contributed by atoms with Gasteiger partial charge in [-0.3, -0.25) is 0 Å². The average Bonchev–Trinajstić information content (AvgIpc) is 2.03. The van der Waals surface area contributed by atoms with E-state index < -0.39 is 0 Å². The first-order chi connectivity index (χ1) is 5.68. The minimum absolute atomic E-state index is 0.642. The van der Waals surface area contributed by atoms with Gasteiger partial charge in [0, 0.05) is 6.04 Å². The first kappa shape index (κ1) is 11.9. The minimum atomic E-state index is 0.642. The first-order valence-electron chi connectivity index (χ1n) is 5.12. The van der Waals surface area contributed by atoms with Gasteiger partial charge >= 0.3 is 0 Å². The normalized spacial score (nSPS) is 13.8. The van der Waals surface area contributed by atoms with E-state index in [0.29, 0.717) is 6.04 Å². The van der Waals surface area contributed by atoms with E-state index in [-0.39, 0.29) is 0 Å². The van der Waals surface area contributed by atoms with Crippen LogP contribution in [0.5, 0.6) is 0 Å². The quantitative estimate of drug-likeness (QED) is 0.574. The third-order valence-electron chi connectivity index (χ3n) is 2.35. The summed E-state index contributed by atoms with van der Waals surface area (Å²) in [4.78, 5) is 0. The molecule has 0 heterocycles. The van der Waals surface area contributed by atoms with Crippen molar-refractivity contribution in [2.24, 2.45) is 11.7 Å². The minimum Gasteiger partial charge on any atom is -0.330 e. The highest BCUT2D eigenvalue weighted by molar-refractivity contribution is 4.63. The summed E-state index contributed by atoms with van der Waals surface area (Å²) >= 11 is 0. The predicted octanol–water partition coefficient (Wildman–Crippen LogP) is 1.75. The molecule has 0 radical (unpaired) electrons. The van der Waals surface area contributed by atoms with Gasteiger partial charge in [-0.25, -0.2) is 0 Å². The van der Waals surface area contributed by atoms with E-state index in [1.165, 1.54) is 12.8 Å². The molecule has 2 heteroatoms. The van der Waals surface area contributed by atoms with Crippen molar-refractivity contribution in [3.63, 3.8) is 0 Å². The van der Waals surface area contributed by atoms with E-state index in [0.717, 1.165) is 25.4 Å². The van der Waals surface area contributed by atoms with E-state index in [9.17, 15) is 0 Å². The van der Waals surface area contributed by atoms with Crippen molar-refractivity contribution < 1.29 is 0 Å². The van der Waals surface area contributed by atoms with Gasteiger partial charge in [0.05, 0.1) is 0 Å². The van der Waals surface area contributed by atoms with Crippen LogP contribution in [0.15, 0.2) is 0 Å². The molecule has 0 fully saturated rings. The Balaban J connectivity index is 3.08. The zero-order valence-electron chi connectivity index (χ0n) is 8.77. The number of rotatable bonds is 7. The number of nitrogens with two attached hydrogens (primary N) is 1. The largest absolute Gasteiger partial charge is 0.330 e. The lowest BCUT2D eigenvalue weighted by Gasteiger charge is -2.16. The summed E-state index contributed by atoms with van der Waals surface area (Å²) in [5.74, 6) is 0.736. The standard InChI is InChI=1S/C10H24N2/c1-9(2)10(3)12-8-6-4-5-7-11/h9-10,12H,4-8,11H2,1-3H3. The third kappa shape index (κ3) is 6.62. The zero-order valence-corrected chi connectivity index (χ0v) is 8.77. The van der Waals surface area contributed by atoms with Crippen molar-refractivity contribution in [2.45, 2.75) is 46.1 Å². The maximum atomic E-state index is 5.40. The molecule has 0 saturated heterocycles. The number of hydrogen-bond donors (Lipinski definition) is 2. The van der Waals surface area contributed by atoms with Crippen LogP contribution in [0, 0.1) is 5.92 Å². The Labute approximate surface area is 76.9 Å². The Morgan fingerprint density at radius 3 is 2.25 bits per heavy atom. The molecule has 0 aromatic carbocycles. The second-order valence-corrected chi connectivity index (χ2v) is 3.84. The van der Waals surface area contributed by atoms with E-state index in [1.54, 1.807) is 0 Å². The van der Waals surface area contributed by atoms with E-state index in [2.05, 4.69) is 26.1 Å². The van der Waals surface area contributed by atoms with E-state index >= 15 is 0 Å². The number of hydrogen-bond acceptors (Lipinski definition) is 2. The van der Waals surface area contributed by atoms with Crippen LogP contribution in [0.2, 0.25) is 0 Å². The van der Waals surface area contributed by atoms with Gasteiger partial charge in [0.2, 0.25) is 0 Å². The Bertz CT molecular complexity index is 91.8. The number of nitrogens with one attached hydrogen (secondary N) is 1. The van der Waals surface area contributed by atoms with Crippen LogP contribution < -0.4 is 11.1 Å². The molecular formula is C10H24N2. The molecule has 0 aliphatic carbocycles. The van der Waals surface area contributed by atoms with Crippen LogP contribution in [0.3, 0.4) is 0 Å². The Hall–Kier alpha value is -0.0800. The average molecular weight is 172 g/mol. The van der Waals surface area contributed by atoms with Crippen LogP contribution in [0.1, 0.15) is 40.0 Å². The van der Waals surface area contributed by atoms with Gasteiger partial charge in [-0.2, -0.15) is 0 Å². The molecule has 3 N–H and O–H groups in total. The van der Waals surface area contributed by atoms with Crippen LogP contribution in [-0.4, -0.2) is 19.1 Å². The summed E-state index contributed by atoms with van der Waals surface area (Å²) in [6, 6.07) is 0.642. The molecule has 0 aliphatic rings. The van der Waals surface area contributed by atoms with Crippen molar-refractivity contribution in [3.8, 4) is 0 Å². The van der Waals surface area contributed by atoms with Gasteiger partial charge in [0.25, 0.3) is 0 Å². The summed E-state index contributed by atoms with van der Waals surface area (Å²) in [5, 5.41) is 3.50. The molecule has 0 aliphatic heterocycles. The third-order valence-corrected chi connectivity index (χ3v) is 2.35. The Morgan fingerprint density at radius 2 is 1.75 bits per heavy atom. The highest BCUT2D eigenvalue weighted by Crippen LogP contribution is 2.00. The van der Waals surface area contributed by atoms with Crippen molar-refractivity contribution in [1.82, 2.24) is 5.32 Å². The second-order valence-electron chi connectivity index (χ2n) is 3.84. The van der Waals surface area contributed by atoms with Crippen LogP contribution in [0.4, 0.5) is 0 Å². The molecular weight excluding hydrogens is 148 g/mol. The van der Waals surface area contributed by atoms with Crippen LogP contribution >= 0.6 is 0 Å². The fraction of sp³-hybridized carbons (Fsp3) is 1.00. The summed E-state index contributed by atoms with van der Waals surface area (Å²) in [6.07, 6.45) is 3.68. The molecule has 0 amide bonds. The summed E-state index contributed by atoms with van der Waals surface area (Å²) in [5.41, 5.74) is 5.40. The monoisotopic (exact) mass is 172 g/mol. The molecule has 0 rings (SSSR count). The molecule has 12 heavy (non-hydrogen) atoms. The molecule has 0 saturated carbocycles. The van der Waals surface area contributed by atoms with Gasteiger partial charge in [0.15, 0.2) is 0 Å². The summed E-state index contributed by atoms with van der Waals surface area (Å²) in [6.45, 7) is 8.71. The zero-order chi connectivity index (χ0) is 9.40. The van der Waals surface area contributed by atoms with Crippen molar-refractivity contribution in [1.29, 1.82) is 0 Å². The molecule has 0 aromatic heterocycles.